The van der Waals surface area contributed by atoms with Crippen molar-refractivity contribution in [2.24, 2.45) is 13.0 Å². The minimum Gasteiger partial charge on any atom is -0.385 e. The molecule has 2 heterocycles. The molecule has 30 heavy (non-hydrogen) atoms. The highest BCUT2D eigenvalue weighted by molar-refractivity contribution is 6.39. The molecule has 1 aliphatic heterocycles. The number of anilines is 1. The average Bonchev–Trinajstić information content (AvgIpc) is 3.15. The molecule has 2 N–H and O–H groups in total. The highest BCUT2D eigenvalue weighted by atomic mass is 16.6. The highest BCUT2D eigenvalue weighted by Gasteiger charge is 2.33. The summed E-state index contributed by atoms with van der Waals surface area (Å²) >= 11 is 0. The van der Waals surface area contributed by atoms with Crippen LogP contribution in [0.2, 0.25) is 0 Å². The number of aliphatic hydroxyl groups excluding tert-OH is 1. The second-order valence-electron chi connectivity index (χ2n) is 7.61. The number of carbonyl (C=O) groups excluding carboxylic acids is 2. The summed E-state index contributed by atoms with van der Waals surface area (Å²) in [5, 5.41) is 24.4. The van der Waals surface area contributed by atoms with Gasteiger partial charge in [-0.2, -0.15) is 0 Å². The molecule has 1 aromatic carbocycles. The van der Waals surface area contributed by atoms with Crippen LogP contribution in [0.25, 0.3) is 0 Å². The summed E-state index contributed by atoms with van der Waals surface area (Å²) in [6.07, 6.45) is 3.86. The Morgan fingerprint density at radius 2 is 2.10 bits per heavy atom. The van der Waals surface area contributed by atoms with E-state index in [-0.39, 0.29) is 23.8 Å². The van der Waals surface area contributed by atoms with Crippen LogP contribution >= 0.6 is 0 Å². The maximum atomic E-state index is 12.7. The van der Waals surface area contributed by atoms with Gasteiger partial charge in [-0.25, -0.2) is 4.98 Å². The first-order chi connectivity index (χ1) is 14.2. The summed E-state index contributed by atoms with van der Waals surface area (Å²) in [5.74, 6) is -1.30. The van der Waals surface area contributed by atoms with Crippen molar-refractivity contribution in [3.63, 3.8) is 0 Å². The lowest BCUT2D eigenvalue weighted by molar-refractivity contribution is -0.385. The van der Waals surface area contributed by atoms with E-state index in [1.807, 2.05) is 0 Å². The number of benzene rings is 1. The number of amides is 2. The predicted octanol–water partition coefficient (Wildman–Crippen LogP) is 1.86. The highest BCUT2D eigenvalue weighted by Crippen LogP contribution is 2.30. The largest absolute Gasteiger partial charge is 0.385 e. The van der Waals surface area contributed by atoms with Crippen molar-refractivity contribution >= 4 is 23.2 Å². The third kappa shape index (κ3) is 4.18. The van der Waals surface area contributed by atoms with Crippen molar-refractivity contribution in [3.8, 4) is 0 Å². The van der Waals surface area contributed by atoms with Crippen LogP contribution in [-0.4, -0.2) is 49.4 Å². The number of hydrogen-bond donors (Lipinski definition) is 2. The molecule has 1 fully saturated rings. The molecule has 1 saturated heterocycles. The summed E-state index contributed by atoms with van der Waals surface area (Å²) in [4.78, 5) is 41.6. The Labute approximate surface area is 173 Å². The van der Waals surface area contributed by atoms with Crippen molar-refractivity contribution in [2.75, 3.05) is 18.4 Å². The van der Waals surface area contributed by atoms with Crippen LogP contribution < -0.4 is 5.32 Å². The van der Waals surface area contributed by atoms with E-state index in [2.05, 4.69) is 10.3 Å². The number of piperidine rings is 1. The number of nitrogens with one attached hydrogen (secondary N) is 1. The number of aliphatic hydroxyl groups is 1. The Bertz CT molecular complexity index is 986. The lowest BCUT2D eigenvalue weighted by Gasteiger charge is -2.34. The van der Waals surface area contributed by atoms with Crippen LogP contribution in [0.3, 0.4) is 0 Å². The topological polar surface area (TPSA) is 131 Å². The lowest BCUT2D eigenvalue weighted by atomic mass is 9.92. The van der Waals surface area contributed by atoms with Crippen LogP contribution in [-0.2, 0) is 16.6 Å². The molecule has 0 aliphatic carbocycles. The van der Waals surface area contributed by atoms with Gasteiger partial charge in [-0.05, 0) is 32.3 Å². The van der Waals surface area contributed by atoms with E-state index in [1.165, 1.54) is 24.0 Å². The number of nitro groups is 1. The van der Waals surface area contributed by atoms with Gasteiger partial charge in [0.2, 0.25) is 0 Å². The van der Waals surface area contributed by atoms with Gasteiger partial charge in [0.25, 0.3) is 5.69 Å². The van der Waals surface area contributed by atoms with Gasteiger partial charge in [-0.15, -0.1) is 0 Å². The minimum atomic E-state index is -0.853. The van der Waals surface area contributed by atoms with Gasteiger partial charge >= 0.3 is 11.8 Å². The van der Waals surface area contributed by atoms with Crippen molar-refractivity contribution < 1.29 is 19.6 Å². The Hall–Kier alpha value is -3.27. The van der Waals surface area contributed by atoms with Crippen LogP contribution in [0.5, 0.6) is 0 Å². The number of hydrogen-bond acceptors (Lipinski definition) is 6. The maximum absolute atomic E-state index is 12.7. The first kappa shape index (κ1) is 21.4. The lowest BCUT2D eigenvalue weighted by Crippen LogP contribution is -2.46. The SMILES string of the molecule is Cc1ccc([N+](=O)[O-])c(C)c1NC(=O)C(=O)N1CCCC(C(O)c2nccn2C)C1. The number of aromatic nitrogens is 2. The fourth-order valence-corrected chi connectivity index (χ4v) is 3.86. The first-order valence-corrected chi connectivity index (χ1v) is 9.70. The molecular formula is C20H25N5O5. The Balaban J connectivity index is 1.72. The smallest absolute Gasteiger partial charge is 0.313 e. The average molecular weight is 415 g/mol. The molecule has 0 radical (unpaired) electrons. The third-order valence-corrected chi connectivity index (χ3v) is 5.59. The number of nitrogens with zero attached hydrogens (tertiary/aromatic N) is 4. The fourth-order valence-electron chi connectivity index (χ4n) is 3.86. The third-order valence-electron chi connectivity index (χ3n) is 5.59. The monoisotopic (exact) mass is 415 g/mol. The van der Waals surface area contributed by atoms with Crippen LogP contribution in [0.4, 0.5) is 11.4 Å². The number of likely N-dealkylation sites (tertiary alicyclic amines) is 1. The van der Waals surface area contributed by atoms with Crippen LogP contribution in [0, 0.1) is 29.9 Å². The summed E-state index contributed by atoms with van der Waals surface area (Å²) in [6.45, 7) is 3.87. The zero-order valence-electron chi connectivity index (χ0n) is 17.2. The van der Waals surface area contributed by atoms with E-state index in [0.29, 0.717) is 36.3 Å². The van der Waals surface area contributed by atoms with Gasteiger partial charge in [0, 0.05) is 44.5 Å². The molecule has 1 aliphatic rings. The number of aryl methyl sites for hydroxylation is 2. The van der Waals surface area contributed by atoms with E-state index in [1.54, 1.807) is 30.9 Å². The fraction of sp³-hybridized carbons (Fsp3) is 0.450. The molecule has 1 aromatic heterocycles. The first-order valence-electron chi connectivity index (χ1n) is 9.70. The molecule has 0 saturated carbocycles. The van der Waals surface area contributed by atoms with Gasteiger partial charge in [0.05, 0.1) is 16.2 Å². The molecule has 2 amide bonds. The molecule has 0 bridgehead atoms. The van der Waals surface area contributed by atoms with Gasteiger partial charge in [0.15, 0.2) is 0 Å². The summed E-state index contributed by atoms with van der Waals surface area (Å²) in [7, 11) is 1.79. The van der Waals surface area contributed by atoms with Gasteiger partial charge in [-0.1, -0.05) is 6.07 Å². The molecule has 160 valence electrons. The maximum Gasteiger partial charge on any atom is 0.313 e. The van der Waals surface area contributed by atoms with Crippen LogP contribution in [0.1, 0.15) is 35.9 Å². The molecule has 10 nitrogen and oxygen atoms in total. The van der Waals surface area contributed by atoms with E-state index in [4.69, 9.17) is 0 Å². The summed E-state index contributed by atoms with van der Waals surface area (Å²) in [6, 6.07) is 2.90. The molecule has 3 rings (SSSR count). The van der Waals surface area contributed by atoms with Crippen molar-refractivity contribution in [2.45, 2.75) is 32.8 Å². The van der Waals surface area contributed by atoms with Crippen molar-refractivity contribution in [1.82, 2.24) is 14.5 Å². The number of imidazole rings is 1. The second-order valence-corrected chi connectivity index (χ2v) is 7.61. The number of carbonyl (C=O) groups is 2. The van der Waals surface area contributed by atoms with E-state index in [0.717, 1.165) is 0 Å². The quantitative estimate of drug-likeness (QED) is 0.445. The van der Waals surface area contributed by atoms with E-state index in [9.17, 15) is 24.8 Å². The molecule has 0 spiro atoms. The predicted molar refractivity (Wildman–Crippen MR) is 109 cm³/mol. The minimum absolute atomic E-state index is 0.125. The Kier molecular flexibility index (Phi) is 6.16. The van der Waals surface area contributed by atoms with E-state index < -0.39 is 22.8 Å². The zero-order valence-corrected chi connectivity index (χ0v) is 17.2. The molecule has 2 aromatic rings. The Morgan fingerprint density at radius 3 is 2.73 bits per heavy atom. The zero-order chi connectivity index (χ0) is 22.0. The van der Waals surface area contributed by atoms with Crippen molar-refractivity contribution in [3.05, 3.63) is 51.6 Å². The second kappa shape index (κ2) is 8.62. The normalized spacial score (nSPS) is 17.5. The van der Waals surface area contributed by atoms with Gasteiger partial charge < -0.3 is 19.9 Å². The number of rotatable bonds is 4. The van der Waals surface area contributed by atoms with Crippen LogP contribution in [0.15, 0.2) is 24.5 Å². The Morgan fingerprint density at radius 1 is 1.37 bits per heavy atom. The molecule has 2 unspecified atom stereocenters. The standard InChI is InChI=1S/C20H25N5O5/c1-12-6-7-15(25(29)30)13(2)16(12)22-19(27)20(28)24-9-4-5-14(11-24)17(26)18-21-8-10-23(18)3/h6-8,10,14,17,26H,4-5,9,11H2,1-3H3,(H,22,27). The van der Waals surface area contributed by atoms with Gasteiger partial charge in [-0.3, -0.25) is 19.7 Å². The van der Waals surface area contributed by atoms with Gasteiger partial charge in [0.1, 0.15) is 11.9 Å². The van der Waals surface area contributed by atoms with E-state index >= 15 is 0 Å². The number of nitro benzene ring substituents is 1. The molecule has 10 heteroatoms. The molecule has 2 atom stereocenters. The summed E-state index contributed by atoms with van der Waals surface area (Å²) < 4.78 is 1.73. The molecular weight excluding hydrogens is 390 g/mol. The summed E-state index contributed by atoms with van der Waals surface area (Å²) in [5.41, 5.74) is 1.06. The van der Waals surface area contributed by atoms with Crippen molar-refractivity contribution in [1.29, 1.82) is 0 Å².